The van der Waals surface area contributed by atoms with Gasteiger partial charge in [-0.1, -0.05) is 61.8 Å². The van der Waals surface area contributed by atoms with E-state index >= 15 is 0 Å². The van der Waals surface area contributed by atoms with Crippen molar-refractivity contribution in [2.24, 2.45) is 16.6 Å². The van der Waals surface area contributed by atoms with Crippen molar-refractivity contribution in [2.45, 2.75) is 58.2 Å². The summed E-state index contributed by atoms with van der Waals surface area (Å²) in [6.07, 6.45) is 1.81. The summed E-state index contributed by atoms with van der Waals surface area (Å²) in [7, 11) is 1.66. The van der Waals surface area contributed by atoms with Crippen LogP contribution in [0, 0.1) is 5.92 Å². The fraction of sp³-hybridized carbons (Fsp3) is 0.444. The van der Waals surface area contributed by atoms with Crippen molar-refractivity contribution >= 4 is 29.4 Å². The maximum absolute atomic E-state index is 13.3. The second kappa shape index (κ2) is 11.7. The molecule has 7 nitrogen and oxygen atoms in total. The highest BCUT2D eigenvalue weighted by Crippen LogP contribution is 2.30. The molecule has 2 atom stereocenters. The Labute approximate surface area is 212 Å². The lowest BCUT2D eigenvalue weighted by Crippen LogP contribution is -2.51. The standard InChI is InChI=1S/C27H35ClN4O3/c1-18(2)27(3)16-24(33)32(26(29)31-27)17-19-12-13-22(28)21(15-19)25(34)30-23(11-8-14-35-4)20-9-6-5-7-10-20/h5-7,9-10,12-13,15,18,23H,8,11,14,16-17H2,1-4H3,(H2,29,31)(H,30,34). The van der Waals surface area contributed by atoms with Crippen molar-refractivity contribution in [3.8, 4) is 0 Å². The number of amides is 2. The number of ether oxygens (including phenoxy) is 1. The highest BCUT2D eigenvalue weighted by Gasteiger charge is 2.38. The third-order valence-electron chi connectivity index (χ3n) is 6.67. The number of guanidine groups is 1. The molecule has 3 N–H and O–H groups in total. The lowest BCUT2D eigenvalue weighted by molar-refractivity contribution is -0.130. The second-order valence-corrected chi connectivity index (χ2v) is 9.93. The zero-order valence-electron chi connectivity index (χ0n) is 20.9. The largest absolute Gasteiger partial charge is 0.385 e. The number of carbonyl (C=O) groups excluding carboxylic acids is 2. The monoisotopic (exact) mass is 498 g/mol. The predicted octanol–water partition coefficient (Wildman–Crippen LogP) is 4.70. The Morgan fingerprint density at radius 1 is 1.26 bits per heavy atom. The predicted molar refractivity (Wildman–Crippen MR) is 139 cm³/mol. The summed E-state index contributed by atoms with van der Waals surface area (Å²) in [5.41, 5.74) is 7.78. The summed E-state index contributed by atoms with van der Waals surface area (Å²) < 4.78 is 5.18. The molecule has 8 heteroatoms. The number of rotatable bonds is 10. The van der Waals surface area contributed by atoms with Crippen LogP contribution in [-0.4, -0.2) is 41.9 Å². The van der Waals surface area contributed by atoms with Crippen LogP contribution in [0.15, 0.2) is 53.5 Å². The first-order valence-corrected chi connectivity index (χ1v) is 12.3. The van der Waals surface area contributed by atoms with Crippen molar-refractivity contribution in [2.75, 3.05) is 13.7 Å². The Bertz CT molecular complexity index is 1070. The van der Waals surface area contributed by atoms with Gasteiger partial charge in [-0.25, -0.2) is 4.99 Å². The van der Waals surface area contributed by atoms with Gasteiger partial charge in [0, 0.05) is 13.7 Å². The number of hydrogen-bond acceptors (Lipinski definition) is 5. The zero-order valence-corrected chi connectivity index (χ0v) is 21.6. The number of nitrogens with zero attached hydrogens (tertiary/aromatic N) is 2. The van der Waals surface area contributed by atoms with Crippen molar-refractivity contribution in [1.82, 2.24) is 10.2 Å². The summed E-state index contributed by atoms with van der Waals surface area (Å²) in [5.74, 6) is 0.0131. The molecular weight excluding hydrogens is 464 g/mol. The van der Waals surface area contributed by atoms with Gasteiger partial charge >= 0.3 is 0 Å². The van der Waals surface area contributed by atoms with E-state index in [4.69, 9.17) is 22.1 Å². The Hall–Kier alpha value is -2.90. The van der Waals surface area contributed by atoms with E-state index in [1.165, 1.54) is 4.90 Å². The molecule has 0 saturated carbocycles. The van der Waals surface area contributed by atoms with E-state index < -0.39 is 5.54 Å². The first-order valence-electron chi connectivity index (χ1n) is 11.9. The molecule has 1 heterocycles. The summed E-state index contributed by atoms with van der Waals surface area (Å²) in [5, 5.41) is 3.45. The fourth-order valence-electron chi connectivity index (χ4n) is 4.10. The Morgan fingerprint density at radius 2 is 1.97 bits per heavy atom. The van der Waals surface area contributed by atoms with Crippen LogP contribution in [0.4, 0.5) is 0 Å². The Morgan fingerprint density at radius 3 is 2.60 bits per heavy atom. The van der Waals surface area contributed by atoms with Gasteiger partial charge in [-0.05, 0) is 48.9 Å². The molecular formula is C27H35ClN4O3. The average Bonchev–Trinajstić information content (AvgIpc) is 2.82. The lowest BCUT2D eigenvalue weighted by atomic mass is 9.84. The van der Waals surface area contributed by atoms with E-state index in [1.54, 1.807) is 25.3 Å². The molecule has 2 aromatic carbocycles. The molecule has 188 valence electrons. The van der Waals surface area contributed by atoms with Gasteiger partial charge in [0.25, 0.3) is 5.91 Å². The molecule has 0 radical (unpaired) electrons. The Kier molecular flexibility index (Phi) is 8.92. The topological polar surface area (TPSA) is 97.0 Å². The first kappa shape index (κ1) is 26.7. The van der Waals surface area contributed by atoms with E-state index in [2.05, 4.69) is 10.3 Å². The molecule has 0 bridgehead atoms. The van der Waals surface area contributed by atoms with E-state index in [0.29, 0.717) is 17.2 Å². The molecule has 0 saturated heterocycles. The molecule has 0 spiro atoms. The highest BCUT2D eigenvalue weighted by atomic mass is 35.5. The van der Waals surface area contributed by atoms with Crippen LogP contribution < -0.4 is 11.1 Å². The smallest absolute Gasteiger partial charge is 0.253 e. The van der Waals surface area contributed by atoms with Crippen LogP contribution in [0.5, 0.6) is 0 Å². The molecule has 1 aliphatic rings. The number of nitrogens with one attached hydrogen (secondary N) is 1. The van der Waals surface area contributed by atoms with Crippen LogP contribution in [0.2, 0.25) is 5.02 Å². The van der Waals surface area contributed by atoms with Gasteiger partial charge in [-0.2, -0.15) is 0 Å². The molecule has 1 aliphatic heterocycles. The molecule has 0 aromatic heterocycles. The number of halogens is 1. The minimum atomic E-state index is -0.516. The lowest BCUT2D eigenvalue weighted by Gasteiger charge is -2.37. The number of nitrogens with two attached hydrogens (primary N) is 1. The molecule has 0 aliphatic carbocycles. The van der Waals surface area contributed by atoms with E-state index in [-0.39, 0.29) is 42.7 Å². The average molecular weight is 499 g/mol. The first-order chi connectivity index (χ1) is 16.6. The van der Waals surface area contributed by atoms with Crippen LogP contribution in [-0.2, 0) is 16.1 Å². The number of hydrogen-bond donors (Lipinski definition) is 2. The van der Waals surface area contributed by atoms with Crippen LogP contribution in [0.25, 0.3) is 0 Å². The van der Waals surface area contributed by atoms with E-state index in [1.807, 2.05) is 51.1 Å². The molecule has 35 heavy (non-hydrogen) atoms. The third kappa shape index (κ3) is 6.61. The highest BCUT2D eigenvalue weighted by molar-refractivity contribution is 6.33. The van der Waals surface area contributed by atoms with Gasteiger partial charge in [-0.15, -0.1) is 0 Å². The van der Waals surface area contributed by atoms with Gasteiger partial charge in [0.2, 0.25) is 5.91 Å². The van der Waals surface area contributed by atoms with E-state index in [0.717, 1.165) is 24.0 Å². The molecule has 2 unspecified atom stereocenters. The van der Waals surface area contributed by atoms with Gasteiger partial charge < -0.3 is 15.8 Å². The van der Waals surface area contributed by atoms with Gasteiger partial charge in [0.15, 0.2) is 5.96 Å². The maximum Gasteiger partial charge on any atom is 0.253 e. The zero-order chi connectivity index (χ0) is 25.6. The summed E-state index contributed by atoms with van der Waals surface area (Å²) >= 11 is 6.41. The van der Waals surface area contributed by atoms with Gasteiger partial charge in [-0.3, -0.25) is 14.5 Å². The molecule has 2 amide bonds. The van der Waals surface area contributed by atoms with Crippen molar-refractivity contribution < 1.29 is 14.3 Å². The fourth-order valence-corrected chi connectivity index (χ4v) is 4.30. The number of carbonyl (C=O) groups is 2. The quantitative estimate of drug-likeness (QED) is 0.464. The minimum Gasteiger partial charge on any atom is -0.385 e. The van der Waals surface area contributed by atoms with Crippen LogP contribution in [0.1, 0.15) is 67.6 Å². The van der Waals surface area contributed by atoms with E-state index in [9.17, 15) is 9.59 Å². The normalized spacial score (nSPS) is 19.0. The number of benzene rings is 2. The molecule has 3 rings (SSSR count). The number of methoxy groups -OCH3 is 1. The van der Waals surface area contributed by atoms with Crippen molar-refractivity contribution in [3.63, 3.8) is 0 Å². The third-order valence-corrected chi connectivity index (χ3v) is 6.99. The van der Waals surface area contributed by atoms with Gasteiger partial charge in [0.1, 0.15) is 0 Å². The second-order valence-electron chi connectivity index (χ2n) is 9.52. The van der Waals surface area contributed by atoms with Crippen molar-refractivity contribution in [3.05, 3.63) is 70.2 Å². The van der Waals surface area contributed by atoms with Crippen LogP contribution >= 0.6 is 11.6 Å². The maximum atomic E-state index is 13.3. The SMILES string of the molecule is COCCCC(NC(=O)c1cc(CN2C(=O)CC(C)(C(C)C)N=C2N)ccc1Cl)c1ccccc1. The van der Waals surface area contributed by atoms with Gasteiger partial charge in [0.05, 0.1) is 35.1 Å². The van der Waals surface area contributed by atoms with Crippen molar-refractivity contribution in [1.29, 1.82) is 0 Å². The minimum absolute atomic E-state index is 0.0862. The molecule has 0 fully saturated rings. The summed E-state index contributed by atoms with van der Waals surface area (Å²) in [4.78, 5) is 32.2. The summed E-state index contributed by atoms with van der Waals surface area (Å²) in [6, 6.07) is 14.8. The Balaban J connectivity index is 1.79. The molecule has 2 aromatic rings. The summed E-state index contributed by atoms with van der Waals surface area (Å²) in [6.45, 7) is 6.83. The number of aliphatic imine (C=N–C) groups is 1. The van der Waals surface area contributed by atoms with Crippen LogP contribution in [0.3, 0.4) is 0 Å².